The fraction of sp³-hybridized carbons (Fsp3) is 0.300. The first kappa shape index (κ1) is 10.4. The summed E-state index contributed by atoms with van der Waals surface area (Å²) >= 11 is 0. The molecule has 2 aromatic rings. The Hall–Kier alpha value is -2.11. The van der Waals surface area contributed by atoms with Crippen molar-refractivity contribution in [2.45, 2.75) is 13.5 Å². The van der Waals surface area contributed by atoms with Crippen molar-refractivity contribution in [2.75, 3.05) is 17.7 Å². The van der Waals surface area contributed by atoms with Gasteiger partial charge in [-0.25, -0.2) is 4.98 Å². The van der Waals surface area contributed by atoms with E-state index in [0.29, 0.717) is 12.4 Å². The molecule has 0 aliphatic rings. The Labute approximate surface area is 93.1 Å². The largest absolute Gasteiger partial charge is 0.372 e. The first-order valence-electron chi connectivity index (χ1n) is 4.94. The number of hydrogen-bond acceptors (Lipinski definition) is 6. The van der Waals surface area contributed by atoms with Crippen LogP contribution < -0.4 is 10.6 Å². The van der Waals surface area contributed by atoms with Crippen LogP contribution in [0.4, 0.5) is 11.6 Å². The number of aryl methyl sites for hydroxylation is 1. The topological polar surface area (TPSA) is 75.9 Å². The molecule has 0 spiro atoms. The Balaban J connectivity index is 1.99. The third-order valence-corrected chi connectivity index (χ3v) is 2.01. The van der Waals surface area contributed by atoms with Crippen molar-refractivity contribution in [3.05, 3.63) is 29.9 Å². The molecule has 6 nitrogen and oxygen atoms in total. The van der Waals surface area contributed by atoms with Gasteiger partial charge in [0.25, 0.3) is 0 Å². The Kier molecular flexibility index (Phi) is 3.00. The zero-order chi connectivity index (χ0) is 11.4. The van der Waals surface area contributed by atoms with Crippen LogP contribution >= 0.6 is 0 Å². The Morgan fingerprint density at radius 3 is 2.81 bits per heavy atom. The van der Waals surface area contributed by atoms with Gasteiger partial charge in [0.05, 0.1) is 24.6 Å². The summed E-state index contributed by atoms with van der Waals surface area (Å²) in [5.41, 5.74) is 0.867. The second-order valence-electron chi connectivity index (χ2n) is 3.33. The highest BCUT2D eigenvalue weighted by Gasteiger charge is 2.01. The zero-order valence-electron chi connectivity index (χ0n) is 9.19. The number of nitrogens with one attached hydrogen (secondary N) is 2. The van der Waals surface area contributed by atoms with Gasteiger partial charge in [-0.2, -0.15) is 0 Å². The Morgan fingerprint density at radius 2 is 2.12 bits per heavy atom. The standard InChI is InChI=1S/C10H13N5O/c1-7-3-8(16-15-7)4-13-10-6-12-5-9(11-2)14-10/h3,5-6H,4H2,1-2H3,(H2,11,13,14). The smallest absolute Gasteiger partial charge is 0.156 e. The lowest BCUT2D eigenvalue weighted by molar-refractivity contribution is 0.384. The highest BCUT2D eigenvalue weighted by Crippen LogP contribution is 2.08. The maximum absolute atomic E-state index is 5.07. The van der Waals surface area contributed by atoms with Crippen LogP contribution in [0.15, 0.2) is 23.0 Å². The van der Waals surface area contributed by atoms with E-state index in [2.05, 4.69) is 25.8 Å². The lowest BCUT2D eigenvalue weighted by Gasteiger charge is -2.04. The summed E-state index contributed by atoms with van der Waals surface area (Å²) in [6.07, 6.45) is 3.31. The quantitative estimate of drug-likeness (QED) is 0.810. The maximum atomic E-state index is 5.07. The average Bonchev–Trinajstić information content (AvgIpc) is 2.73. The molecule has 0 aliphatic heterocycles. The van der Waals surface area contributed by atoms with Gasteiger partial charge in [0.15, 0.2) is 5.76 Å². The number of anilines is 2. The second kappa shape index (κ2) is 4.61. The van der Waals surface area contributed by atoms with Gasteiger partial charge >= 0.3 is 0 Å². The minimum atomic E-state index is 0.544. The lowest BCUT2D eigenvalue weighted by Crippen LogP contribution is -2.03. The minimum Gasteiger partial charge on any atom is -0.372 e. The van der Waals surface area contributed by atoms with E-state index < -0.39 is 0 Å². The summed E-state index contributed by atoms with van der Waals surface area (Å²) in [7, 11) is 1.80. The fourth-order valence-electron chi connectivity index (χ4n) is 1.25. The van der Waals surface area contributed by atoms with Crippen LogP contribution in [0.1, 0.15) is 11.5 Å². The summed E-state index contributed by atoms with van der Waals surface area (Å²) in [5.74, 6) is 2.19. The fourth-order valence-corrected chi connectivity index (χ4v) is 1.25. The highest BCUT2D eigenvalue weighted by molar-refractivity contribution is 5.41. The molecular formula is C10H13N5O. The van der Waals surface area contributed by atoms with Gasteiger partial charge in [-0.05, 0) is 6.92 Å². The van der Waals surface area contributed by atoms with E-state index in [1.807, 2.05) is 13.0 Å². The molecule has 0 atom stereocenters. The van der Waals surface area contributed by atoms with Crippen LogP contribution in [-0.4, -0.2) is 22.2 Å². The lowest BCUT2D eigenvalue weighted by atomic mass is 10.4. The third kappa shape index (κ3) is 2.47. The van der Waals surface area contributed by atoms with E-state index in [1.165, 1.54) is 0 Å². The molecule has 2 heterocycles. The van der Waals surface area contributed by atoms with Crippen molar-refractivity contribution in [1.82, 2.24) is 15.1 Å². The van der Waals surface area contributed by atoms with Crippen LogP contribution in [0.2, 0.25) is 0 Å². The molecule has 0 radical (unpaired) electrons. The summed E-state index contributed by atoms with van der Waals surface area (Å²) < 4.78 is 5.07. The highest BCUT2D eigenvalue weighted by atomic mass is 16.5. The average molecular weight is 219 g/mol. The van der Waals surface area contributed by atoms with E-state index in [1.54, 1.807) is 19.4 Å². The van der Waals surface area contributed by atoms with E-state index in [0.717, 1.165) is 17.3 Å². The van der Waals surface area contributed by atoms with Gasteiger partial charge in [-0.1, -0.05) is 5.16 Å². The Morgan fingerprint density at radius 1 is 1.31 bits per heavy atom. The molecule has 6 heteroatoms. The van der Waals surface area contributed by atoms with E-state index >= 15 is 0 Å². The molecule has 0 saturated carbocycles. The number of nitrogens with zero attached hydrogens (tertiary/aromatic N) is 3. The van der Waals surface area contributed by atoms with E-state index in [-0.39, 0.29) is 0 Å². The molecule has 2 N–H and O–H groups in total. The molecule has 0 bridgehead atoms. The van der Waals surface area contributed by atoms with Crippen LogP contribution in [0.3, 0.4) is 0 Å². The van der Waals surface area contributed by atoms with Gasteiger partial charge in [-0.15, -0.1) is 0 Å². The van der Waals surface area contributed by atoms with Crippen LogP contribution in [0.25, 0.3) is 0 Å². The van der Waals surface area contributed by atoms with Gasteiger partial charge in [0.2, 0.25) is 0 Å². The van der Waals surface area contributed by atoms with Crippen molar-refractivity contribution < 1.29 is 4.52 Å². The molecule has 0 aliphatic carbocycles. The van der Waals surface area contributed by atoms with Gasteiger partial charge in [0.1, 0.15) is 11.6 Å². The molecule has 2 rings (SSSR count). The molecule has 16 heavy (non-hydrogen) atoms. The summed E-state index contributed by atoms with van der Waals surface area (Å²) in [6.45, 7) is 2.43. The summed E-state index contributed by atoms with van der Waals surface area (Å²) in [6, 6.07) is 1.88. The van der Waals surface area contributed by atoms with Crippen molar-refractivity contribution in [1.29, 1.82) is 0 Å². The summed E-state index contributed by atoms with van der Waals surface area (Å²) in [5, 5.41) is 9.82. The first-order valence-corrected chi connectivity index (χ1v) is 4.94. The van der Waals surface area contributed by atoms with Crippen molar-refractivity contribution in [3.63, 3.8) is 0 Å². The number of rotatable bonds is 4. The third-order valence-electron chi connectivity index (χ3n) is 2.01. The molecule has 0 fully saturated rings. The van der Waals surface area contributed by atoms with Crippen LogP contribution in [0.5, 0.6) is 0 Å². The van der Waals surface area contributed by atoms with Gasteiger partial charge < -0.3 is 15.2 Å². The molecule has 0 saturated heterocycles. The number of hydrogen-bond donors (Lipinski definition) is 2. The molecule has 0 unspecified atom stereocenters. The maximum Gasteiger partial charge on any atom is 0.156 e. The molecular weight excluding hydrogens is 206 g/mol. The van der Waals surface area contributed by atoms with E-state index in [9.17, 15) is 0 Å². The first-order chi connectivity index (χ1) is 7.78. The summed E-state index contributed by atoms with van der Waals surface area (Å²) in [4.78, 5) is 8.31. The van der Waals surface area contributed by atoms with Crippen LogP contribution in [0, 0.1) is 6.92 Å². The molecule has 84 valence electrons. The predicted octanol–water partition coefficient (Wildman–Crippen LogP) is 1.43. The van der Waals surface area contributed by atoms with Crippen LogP contribution in [-0.2, 0) is 6.54 Å². The van der Waals surface area contributed by atoms with Gasteiger partial charge in [-0.3, -0.25) is 4.98 Å². The Bertz CT molecular complexity index is 468. The van der Waals surface area contributed by atoms with Gasteiger partial charge in [0, 0.05) is 13.1 Å². The molecule has 0 amide bonds. The zero-order valence-corrected chi connectivity index (χ0v) is 9.19. The monoisotopic (exact) mass is 219 g/mol. The molecule has 0 aromatic carbocycles. The van der Waals surface area contributed by atoms with Crippen molar-refractivity contribution in [2.24, 2.45) is 0 Å². The normalized spacial score (nSPS) is 10.1. The predicted molar refractivity (Wildman–Crippen MR) is 60.1 cm³/mol. The van der Waals surface area contributed by atoms with E-state index in [4.69, 9.17) is 4.52 Å². The molecule has 2 aromatic heterocycles. The SMILES string of the molecule is CNc1cncc(NCc2cc(C)no2)n1. The second-order valence-corrected chi connectivity index (χ2v) is 3.33. The minimum absolute atomic E-state index is 0.544. The van der Waals surface area contributed by atoms with Crippen molar-refractivity contribution in [3.8, 4) is 0 Å². The number of aromatic nitrogens is 3. The van der Waals surface area contributed by atoms with Crippen molar-refractivity contribution >= 4 is 11.6 Å².